The average Bonchev–Trinajstić information content (AvgIpc) is 3.13. The Kier molecular flexibility index (Phi) is 8.20. The molecule has 0 bridgehead atoms. The highest BCUT2D eigenvalue weighted by molar-refractivity contribution is 8.18. The second-order valence-electron chi connectivity index (χ2n) is 7.99. The van der Waals surface area contributed by atoms with Crippen LogP contribution in [0.15, 0.2) is 82.6 Å². The van der Waals surface area contributed by atoms with Gasteiger partial charge in [0.05, 0.1) is 18.1 Å². The van der Waals surface area contributed by atoms with E-state index < -0.39 is 16.0 Å². The number of carbonyl (C=O) groups excluding carboxylic acids is 2. The molecule has 0 aliphatic carbocycles. The van der Waals surface area contributed by atoms with Gasteiger partial charge >= 0.3 is 10.1 Å². The van der Waals surface area contributed by atoms with Crippen LogP contribution in [0.5, 0.6) is 17.2 Å². The summed E-state index contributed by atoms with van der Waals surface area (Å²) in [6, 6.07) is 19.9. The number of rotatable bonds is 10. The van der Waals surface area contributed by atoms with E-state index in [4.69, 9.17) is 13.7 Å². The van der Waals surface area contributed by atoms with Crippen LogP contribution in [0.1, 0.15) is 18.1 Å². The number of hydrogen-bond acceptors (Lipinski definition) is 8. The van der Waals surface area contributed by atoms with Gasteiger partial charge in [0.15, 0.2) is 11.5 Å². The number of imide groups is 1. The Bertz CT molecular complexity index is 1440. The molecule has 2 amide bonds. The van der Waals surface area contributed by atoms with E-state index >= 15 is 0 Å². The van der Waals surface area contributed by atoms with Crippen molar-refractivity contribution in [3.05, 3.63) is 88.8 Å². The van der Waals surface area contributed by atoms with Crippen molar-refractivity contribution in [1.29, 1.82) is 0 Å². The molecular weight excluding hydrogens is 514 g/mol. The molecule has 0 radical (unpaired) electrons. The van der Waals surface area contributed by atoms with Gasteiger partial charge in [-0.15, -0.1) is 0 Å². The van der Waals surface area contributed by atoms with Gasteiger partial charge in [-0.2, -0.15) is 8.42 Å². The van der Waals surface area contributed by atoms with Crippen LogP contribution in [0.25, 0.3) is 6.08 Å². The van der Waals surface area contributed by atoms with Gasteiger partial charge in [-0.3, -0.25) is 14.5 Å². The summed E-state index contributed by atoms with van der Waals surface area (Å²) in [5.41, 5.74) is 1.60. The van der Waals surface area contributed by atoms with E-state index in [2.05, 4.69) is 0 Å². The third-order valence-electron chi connectivity index (χ3n) is 5.24. The predicted octanol–water partition coefficient (Wildman–Crippen LogP) is 5.28. The first-order valence-corrected chi connectivity index (χ1v) is 13.7. The van der Waals surface area contributed by atoms with E-state index in [0.29, 0.717) is 11.3 Å². The summed E-state index contributed by atoms with van der Waals surface area (Å²) in [5, 5.41) is -0.386. The summed E-state index contributed by atoms with van der Waals surface area (Å²) in [4.78, 5) is 26.7. The number of aryl methyl sites for hydroxylation is 1. The van der Waals surface area contributed by atoms with Crippen molar-refractivity contribution in [3.63, 3.8) is 0 Å². The van der Waals surface area contributed by atoms with Crippen molar-refractivity contribution in [2.24, 2.45) is 0 Å². The monoisotopic (exact) mass is 539 g/mol. The fourth-order valence-electron chi connectivity index (χ4n) is 3.51. The molecule has 1 heterocycles. The first kappa shape index (κ1) is 26.3. The molecule has 0 aromatic heterocycles. The van der Waals surface area contributed by atoms with Gasteiger partial charge in [-0.25, -0.2) is 0 Å². The Hall–Kier alpha value is -3.76. The van der Waals surface area contributed by atoms with E-state index in [9.17, 15) is 18.0 Å². The highest BCUT2D eigenvalue weighted by Crippen LogP contribution is 2.35. The number of nitrogens with zero attached hydrogens (tertiary/aromatic N) is 1. The largest absolute Gasteiger partial charge is 0.492 e. The second-order valence-corrected chi connectivity index (χ2v) is 10.5. The molecule has 4 rings (SSSR count). The summed E-state index contributed by atoms with van der Waals surface area (Å²) < 4.78 is 41.9. The fourth-order valence-corrected chi connectivity index (χ4v) is 5.33. The van der Waals surface area contributed by atoms with Gasteiger partial charge in [0.25, 0.3) is 11.1 Å². The lowest BCUT2D eigenvalue weighted by Crippen LogP contribution is -2.32. The third kappa shape index (κ3) is 6.52. The lowest BCUT2D eigenvalue weighted by molar-refractivity contribution is -0.123. The zero-order valence-corrected chi connectivity index (χ0v) is 21.9. The van der Waals surface area contributed by atoms with Crippen LogP contribution >= 0.6 is 11.8 Å². The van der Waals surface area contributed by atoms with Crippen LogP contribution in [0.2, 0.25) is 0 Å². The smallest absolute Gasteiger partial charge is 0.339 e. The van der Waals surface area contributed by atoms with E-state index in [1.54, 1.807) is 43.3 Å². The van der Waals surface area contributed by atoms with E-state index in [0.717, 1.165) is 22.2 Å². The zero-order valence-electron chi connectivity index (χ0n) is 20.2. The maximum absolute atomic E-state index is 12.9. The van der Waals surface area contributed by atoms with Crippen LogP contribution in [-0.2, 0) is 14.9 Å². The first-order chi connectivity index (χ1) is 17.8. The molecule has 0 unspecified atom stereocenters. The predicted molar refractivity (Wildman–Crippen MR) is 141 cm³/mol. The van der Waals surface area contributed by atoms with Crippen molar-refractivity contribution >= 4 is 39.1 Å². The molecular formula is C27H25NO7S2. The van der Waals surface area contributed by atoms with Crippen molar-refractivity contribution in [3.8, 4) is 17.2 Å². The van der Waals surface area contributed by atoms with Crippen LogP contribution in [-0.4, -0.2) is 44.2 Å². The molecule has 37 heavy (non-hydrogen) atoms. The standard InChI is InChI=1S/C27H25NO7S2/c1-3-33-24-17-20(12-13-23(24)35-37(31,32)22-10-5-4-6-11-22)18-25-26(29)28(27(30)36-25)14-15-34-21-9-7-8-19(2)16-21/h4-13,16-18H,3,14-15H2,1-2H3/b25-18-. The molecule has 10 heteroatoms. The summed E-state index contributed by atoms with van der Waals surface area (Å²) in [7, 11) is -4.06. The maximum Gasteiger partial charge on any atom is 0.339 e. The highest BCUT2D eigenvalue weighted by atomic mass is 32.2. The number of amides is 2. The van der Waals surface area contributed by atoms with Gasteiger partial charge in [-0.1, -0.05) is 36.4 Å². The minimum absolute atomic E-state index is 0.0153. The van der Waals surface area contributed by atoms with Gasteiger partial charge in [0.1, 0.15) is 17.3 Å². The maximum atomic E-state index is 12.9. The molecule has 0 saturated carbocycles. The highest BCUT2D eigenvalue weighted by Gasteiger charge is 2.35. The van der Waals surface area contributed by atoms with Crippen LogP contribution in [0, 0.1) is 6.92 Å². The second kappa shape index (κ2) is 11.5. The zero-order chi connectivity index (χ0) is 26.4. The van der Waals surface area contributed by atoms with Crippen molar-refractivity contribution in [2.45, 2.75) is 18.7 Å². The van der Waals surface area contributed by atoms with Crippen LogP contribution in [0.3, 0.4) is 0 Å². The quantitative estimate of drug-likeness (QED) is 0.254. The minimum atomic E-state index is -4.06. The summed E-state index contributed by atoms with van der Waals surface area (Å²) in [6.45, 7) is 4.26. The Morgan fingerprint density at radius 1 is 0.919 bits per heavy atom. The Balaban J connectivity index is 1.47. The lowest BCUT2D eigenvalue weighted by Gasteiger charge is -2.13. The first-order valence-electron chi connectivity index (χ1n) is 11.5. The van der Waals surface area contributed by atoms with E-state index in [-0.39, 0.29) is 46.3 Å². The molecule has 0 spiro atoms. The topological polar surface area (TPSA) is 99.2 Å². The molecule has 1 aliphatic rings. The van der Waals surface area contributed by atoms with Gasteiger partial charge in [0, 0.05) is 0 Å². The lowest BCUT2D eigenvalue weighted by atomic mass is 10.2. The fraction of sp³-hybridized carbons (Fsp3) is 0.185. The van der Waals surface area contributed by atoms with Crippen LogP contribution in [0.4, 0.5) is 4.79 Å². The molecule has 3 aromatic carbocycles. The molecule has 0 N–H and O–H groups in total. The number of thioether (sulfide) groups is 1. The number of hydrogen-bond donors (Lipinski definition) is 0. The number of benzene rings is 3. The van der Waals surface area contributed by atoms with Gasteiger partial charge in [-0.05, 0) is 79.2 Å². The summed E-state index contributed by atoms with van der Waals surface area (Å²) in [6.07, 6.45) is 1.56. The minimum Gasteiger partial charge on any atom is -0.492 e. The molecule has 0 atom stereocenters. The summed E-state index contributed by atoms with van der Waals surface area (Å²) in [5.74, 6) is 0.459. The molecule has 1 aliphatic heterocycles. The van der Waals surface area contributed by atoms with Crippen molar-refractivity contribution in [2.75, 3.05) is 19.8 Å². The molecule has 192 valence electrons. The molecule has 3 aromatic rings. The normalized spacial score (nSPS) is 14.8. The van der Waals surface area contributed by atoms with Crippen molar-refractivity contribution < 1.29 is 31.7 Å². The SMILES string of the molecule is CCOc1cc(/C=C2\SC(=O)N(CCOc3cccc(C)c3)C2=O)ccc1OS(=O)(=O)c1ccccc1. The van der Waals surface area contributed by atoms with Gasteiger partial charge < -0.3 is 13.7 Å². The van der Waals surface area contributed by atoms with Crippen molar-refractivity contribution in [1.82, 2.24) is 4.90 Å². The Morgan fingerprint density at radius 2 is 1.70 bits per heavy atom. The van der Waals surface area contributed by atoms with E-state index in [1.165, 1.54) is 18.2 Å². The van der Waals surface area contributed by atoms with Crippen LogP contribution < -0.4 is 13.7 Å². The van der Waals surface area contributed by atoms with Gasteiger partial charge in [0.2, 0.25) is 0 Å². The molecule has 1 fully saturated rings. The number of carbonyl (C=O) groups is 2. The Labute approximate surface area is 220 Å². The average molecular weight is 540 g/mol. The third-order valence-corrected chi connectivity index (χ3v) is 7.40. The summed E-state index contributed by atoms with van der Waals surface area (Å²) >= 11 is 0.831. The molecule has 8 nitrogen and oxygen atoms in total. The molecule has 1 saturated heterocycles. The Morgan fingerprint density at radius 3 is 2.43 bits per heavy atom. The number of ether oxygens (including phenoxy) is 2. The van der Waals surface area contributed by atoms with E-state index in [1.807, 2.05) is 31.2 Å².